The Hall–Kier alpha value is -4.21. The van der Waals surface area contributed by atoms with Gasteiger partial charge in [0, 0.05) is 24.1 Å². The van der Waals surface area contributed by atoms with Crippen LogP contribution < -0.4 is 19.5 Å². The van der Waals surface area contributed by atoms with Gasteiger partial charge in [0.15, 0.2) is 0 Å². The average molecular weight is 405 g/mol. The molecule has 10 heteroatoms. The van der Waals surface area contributed by atoms with E-state index in [-0.39, 0.29) is 18.0 Å². The number of imidazole rings is 1. The lowest BCUT2D eigenvalue weighted by atomic mass is 10.2. The molecule has 0 aliphatic rings. The van der Waals surface area contributed by atoms with Gasteiger partial charge in [0.25, 0.3) is 0 Å². The van der Waals surface area contributed by atoms with E-state index in [0.717, 1.165) is 11.4 Å². The van der Waals surface area contributed by atoms with Gasteiger partial charge >= 0.3 is 12.0 Å². The zero-order chi connectivity index (χ0) is 20.9. The lowest BCUT2D eigenvalue weighted by molar-refractivity contribution is 0.360. The molecular formula is C20H19N7O3. The third kappa shape index (κ3) is 4.27. The van der Waals surface area contributed by atoms with Crippen LogP contribution in [-0.4, -0.2) is 43.7 Å². The van der Waals surface area contributed by atoms with Gasteiger partial charge in [-0.2, -0.15) is 9.97 Å². The number of pyridine rings is 1. The maximum Gasteiger partial charge on any atom is 0.330 e. The van der Waals surface area contributed by atoms with Crippen LogP contribution in [0.15, 0.2) is 55.2 Å². The van der Waals surface area contributed by atoms with E-state index in [9.17, 15) is 0 Å². The Morgan fingerprint density at radius 1 is 1.00 bits per heavy atom. The summed E-state index contributed by atoms with van der Waals surface area (Å²) < 4.78 is 18.2. The summed E-state index contributed by atoms with van der Waals surface area (Å²) in [5.41, 5.74) is 2.49. The maximum atomic E-state index is 5.64. The molecule has 0 bridgehead atoms. The fraction of sp³-hybridized carbons (Fsp3) is 0.150. The van der Waals surface area contributed by atoms with Gasteiger partial charge in [0.2, 0.25) is 5.95 Å². The first-order chi connectivity index (χ1) is 14.6. The zero-order valence-corrected chi connectivity index (χ0v) is 16.6. The topological polar surface area (TPSA) is 109 Å². The molecule has 4 rings (SSSR count). The molecule has 0 aliphatic heterocycles. The minimum absolute atomic E-state index is 0.0785. The van der Waals surface area contributed by atoms with Crippen molar-refractivity contribution in [3.8, 4) is 29.2 Å². The number of nitrogens with one attached hydrogen (secondary N) is 1. The predicted octanol–water partition coefficient (Wildman–Crippen LogP) is 3.31. The lowest BCUT2D eigenvalue weighted by Gasteiger charge is -2.12. The Morgan fingerprint density at radius 2 is 1.87 bits per heavy atom. The predicted molar refractivity (Wildman–Crippen MR) is 109 cm³/mol. The number of rotatable bonds is 7. The fourth-order valence-corrected chi connectivity index (χ4v) is 2.69. The highest BCUT2D eigenvalue weighted by atomic mass is 16.5. The molecule has 30 heavy (non-hydrogen) atoms. The number of hydrogen-bond donors (Lipinski definition) is 1. The van der Waals surface area contributed by atoms with Crippen molar-refractivity contribution >= 4 is 11.6 Å². The molecule has 0 aliphatic carbocycles. The summed E-state index contributed by atoms with van der Waals surface area (Å²) in [5, 5.41) is 3.12. The summed E-state index contributed by atoms with van der Waals surface area (Å²) in [7, 11) is 3.08. The van der Waals surface area contributed by atoms with E-state index in [1.54, 1.807) is 38.0 Å². The molecule has 10 nitrogen and oxygen atoms in total. The second kappa shape index (κ2) is 8.43. The zero-order valence-electron chi connectivity index (χ0n) is 16.6. The standard InChI is InChI=1S/C20H19N7O3/c1-13-11-27(12-22-13)16-7-6-14(9-17(16)28-2)23-18-24-19(29-3)26-20(25-18)30-15-5-4-8-21-10-15/h4-12H,1-3H3,(H,23,24,25,26). The number of methoxy groups -OCH3 is 2. The minimum atomic E-state index is 0.0785. The summed E-state index contributed by atoms with van der Waals surface area (Å²) >= 11 is 0. The van der Waals surface area contributed by atoms with Crippen molar-refractivity contribution in [3.05, 3.63) is 60.9 Å². The van der Waals surface area contributed by atoms with E-state index in [1.807, 2.05) is 35.9 Å². The summed E-state index contributed by atoms with van der Waals surface area (Å²) in [4.78, 5) is 20.9. The molecule has 0 atom stereocenters. The summed E-state index contributed by atoms with van der Waals surface area (Å²) in [6.07, 6.45) is 6.86. The molecule has 0 amide bonds. The smallest absolute Gasteiger partial charge is 0.330 e. The molecule has 0 saturated carbocycles. The number of aromatic nitrogens is 6. The molecule has 4 aromatic rings. The van der Waals surface area contributed by atoms with Gasteiger partial charge < -0.3 is 24.1 Å². The van der Waals surface area contributed by atoms with Crippen molar-refractivity contribution in [1.82, 2.24) is 29.5 Å². The van der Waals surface area contributed by atoms with E-state index in [2.05, 4.69) is 30.2 Å². The van der Waals surface area contributed by atoms with Crippen LogP contribution in [0, 0.1) is 6.92 Å². The number of hydrogen-bond acceptors (Lipinski definition) is 9. The van der Waals surface area contributed by atoms with Crippen LogP contribution in [-0.2, 0) is 0 Å². The Kier molecular flexibility index (Phi) is 5.37. The number of benzene rings is 1. The van der Waals surface area contributed by atoms with Crippen LogP contribution in [0.1, 0.15) is 5.69 Å². The highest BCUT2D eigenvalue weighted by Crippen LogP contribution is 2.29. The van der Waals surface area contributed by atoms with Gasteiger partial charge in [-0.15, -0.1) is 4.98 Å². The van der Waals surface area contributed by atoms with E-state index < -0.39 is 0 Å². The van der Waals surface area contributed by atoms with Crippen LogP contribution in [0.3, 0.4) is 0 Å². The quantitative estimate of drug-likeness (QED) is 0.495. The van der Waals surface area contributed by atoms with Gasteiger partial charge in [-0.1, -0.05) is 0 Å². The van der Waals surface area contributed by atoms with Gasteiger partial charge in [-0.3, -0.25) is 4.98 Å². The normalized spacial score (nSPS) is 10.5. The largest absolute Gasteiger partial charge is 0.494 e. The molecule has 152 valence electrons. The van der Waals surface area contributed by atoms with Gasteiger partial charge in [0.05, 0.1) is 38.1 Å². The second-order valence-corrected chi connectivity index (χ2v) is 6.15. The van der Waals surface area contributed by atoms with Crippen molar-refractivity contribution in [2.24, 2.45) is 0 Å². The minimum Gasteiger partial charge on any atom is -0.494 e. The van der Waals surface area contributed by atoms with Crippen LogP contribution in [0.5, 0.6) is 23.5 Å². The Morgan fingerprint density at radius 3 is 2.57 bits per heavy atom. The molecule has 3 heterocycles. The third-order valence-corrected chi connectivity index (χ3v) is 4.05. The molecule has 1 aromatic carbocycles. The van der Waals surface area contributed by atoms with Crippen LogP contribution in [0.4, 0.5) is 11.6 Å². The first kappa shape index (κ1) is 19.1. The molecule has 3 aromatic heterocycles. The summed E-state index contributed by atoms with van der Waals surface area (Å²) in [6, 6.07) is 9.32. The molecule has 0 radical (unpaired) electrons. The van der Waals surface area contributed by atoms with Crippen LogP contribution in [0.25, 0.3) is 5.69 Å². The third-order valence-electron chi connectivity index (χ3n) is 4.05. The van der Waals surface area contributed by atoms with Gasteiger partial charge in [-0.25, -0.2) is 4.98 Å². The fourth-order valence-electron chi connectivity index (χ4n) is 2.69. The monoisotopic (exact) mass is 405 g/mol. The highest BCUT2D eigenvalue weighted by Gasteiger charge is 2.12. The van der Waals surface area contributed by atoms with E-state index in [1.165, 1.54) is 7.11 Å². The Balaban J connectivity index is 1.61. The molecule has 1 N–H and O–H groups in total. The Bertz CT molecular complexity index is 1150. The van der Waals surface area contributed by atoms with E-state index in [0.29, 0.717) is 17.2 Å². The van der Waals surface area contributed by atoms with Crippen molar-refractivity contribution in [1.29, 1.82) is 0 Å². The van der Waals surface area contributed by atoms with Crippen LogP contribution >= 0.6 is 0 Å². The molecule has 0 spiro atoms. The van der Waals surface area contributed by atoms with Gasteiger partial charge in [-0.05, 0) is 31.2 Å². The summed E-state index contributed by atoms with van der Waals surface area (Å²) in [6.45, 7) is 1.93. The first-order valence-electron chi connectivity index (χ1n) is 8.98. The van der Waals surface area contributed by atoms with Gasteiger partial charge in [0.1, 0.15) is 11.5 Å². The SMILES string of the molecule is COc1nc(Nc2ccc(-n3cnc(C)c3)c(OC)c2)nc(Oc2cccnc2)n1. The number of ether oxygens (including phenoxy) is 3. The number of anilines is 2. The Labute approximate surface area is 172 Å². The molecule has 0 saturated heterocycles. The highest BCUT2D eigenvalue weighted by molar-refractivity contribution is 5.62. The molecule has 0 fully saturated rings. The van der Waals surface area contributed by atoms with Crippen molar-refractivity contribution in [2.45, 2.75) is 6.92 Å². The van der Waals surface area contributed by atoms with Crippen molar-refractivity contribution in [2.75, 3.05) is 19.5 Å². The first-order valence-corrected chi connectivity index (χ1v) is 8.98. The maximum absolute atomic E-state index is 5.64. The number of aryl methyl sites for hydroxylation is 1. The van der Waals surface area contributed by atoms with Crippen molar-refractivity contribution in [3.63, 3.8) is 0 Å². The van der Waals surface area contributed by atoms with E-state index in [4.69, 9.17) is 14.2 Å². The molecule has 0 unspecified atom stereocenters. The van der Waals surface area contributed by atoms with E-state index >= 15 is 0 Å². The lowest BCUT2D eigenvalue weighted by Crippen LogP contribution is -2.04. The average Bonchev–Trinajstić information content (AvgIpc) is 3.20. The van der Waals surface area contributed by atoms with Crippen molar-refractivity contribution < 1.29 is 14.2 Å². The number of nitrogens with zero attached hydrogens (tertiary/aromatic N) is 6. The molecular weight excluding hydrogens is 386 g/mol. The summed E-state index contributed by atoms with van der Waals surface area (Å²) in [5.74, 6) is 1.41. The van der Waals surface area contributed by atoms with Crippen LogP contribution in [0.2, 0.25) is 0 Å². The second-order valence-electron chi connectivity index (χ2n) is 6.15.